The highest BCUT2D eigenvalue weighted by Gasteiger charge is 2.32. The molecule has 5 nitrogen and oxygen atoms in total. The van der Waals surface area contributed by atoms with Crippen molar-refractivity contribution in [1.82, 2.24) is 10.1 Å². The van der Waals surface area contributed by atoms with Gasteiger partial charge in [-0.15, -0.1) is 0 Å². The predicted octanol–water partition coefficient (Wildman–Crippen LogP) is 2.78. The highest BCUT2D eigenvalue weighted by Crippen LogP contribution is 2.31. The summed E-state index contributed by atoms with van der Waals surface area (Å²) in [5.41, 5.74) is 3.39. The number of nitrogens with zero attached hydrogens (tertiary/aromatic N) is 3. The largest absolute Gasteiger partial charge is 0.361 e. The van der Waals surface area contributed by atoms with Gasteiger partial charge in [0, 0.05) is 30.8 Å². The Hall–Kier alpha value is -2.14. The van der Waals surface area contributed by atoms with Crippen LogP contribution in [-0.2, 0) is 17.8 Å². The molecule has 126 valence electrons. The van der Waals surface area contributed by atoms with E-state index in [-0.39, 0.29) is 5.92 Å². The number of piperidine rings is 1. The van der Waals surface area contributed by atoms with E-state index in [0.717, 1.165) is 62.6 Å². The number of benzene rings is 1. The van der Waals surface area contributed by atoms with E-state index in [1.165, 1.54) is 5.56 Å². The zero-order chi connectivity index (χ0) is 16.5. The summed E-state index contributed by atoms with van der Waals surface area (Å²) in [4.78, 5) is 17.3. The highest BCUT2D eigenvalue weighted by molar-refractivity contribution is 5.97. The Morgan fingerprint density at radius 2 is 2.04 bits per heavy atom. The van der Waals surface area contributed by atoms with Crippen LogP contribution >= 0.6 is 0 Å². The monoisotopic (exact) mass is 325 g/mol. The van der Waals surface area contributed by atoms with Crippen LogP contribution in [0.5, 0.6) is 0 Å². The third kappa shape index (κ3) is 2.96. The molecule has 1 aromatic heterocycles. The van der Waals surface area contributed by atoms with E-state index in [0.29, 0.717) is 5.91 Å². The number of carbonyl (C=O) groups excluding carboxylic acids is 1. The van der Waals surface area contributed by atoms with Crippen LogP contribution in [0.3, 0.4) is 0 Å². The number of likely N-dealkylation sites (tertiary alicyclic amines) is 1. The number of aromatic nitrogens is 1. The zero-order valence-corrected chi connectivity index (χ0v) is 14.1. The molecule has 2 aromatic rings. The number of anilines is 1. The second-order valence-corrected chi connectivity index (χ2v) is 6.85. The first-order chi connectivity index (χ1) is 11.7. The minimum atomic E-state index is 0.145. The smallest absolute Gasteiger partial charge is 0.230 e. The van der Waals surface area contributed by atoms with Gasteiger partial charge in [-0.3, -0.25) is 9.69 Å². The summed E-state index contributed by atoms with van der Waals surface area (Å²) in [6.07, 6.45) is 2.83. The Morgan fingerprint density at radius 1 is 1.25 bits per heavy atom. The lowest BCUT2D eigenvalue weighted by Gasteiger charge is -2.32. The molecule has 24 heavy (non-hydrogen) atoms. The Morgan fingerprint density at radius 3 is 2.79 bits per heavy atom. The molecule has 0 atom stereocenters. The number of rotatable bonds is 3. The molecular weight excluding hydrogens is 302 g/mol. The second kappa shape index (κ2) is 6.40. The van der Waals surface area contributed by atoms with Crippen molar-refractivity contribution in [3.63, 3.8) is 0 Å². The molecule has 2 aliphatic heterocycles. The van der Waals surface area contributed by atoms with Gasteiger partial charge in [-0.2, -0.15) is 0 Å². The highest BCUT2D eigenvalue weighted by atomic mass is 16.5. The van der Waals surface area contributed by atoms with Gasteiger partial charge in [0.1, 0.15) is 5.76 Å². The van der Waals surface area contributed by atoms with Gasteiger partial charge in [-0.1, -0.05) is 23.4 Å². The fraction of sp³-hybridized carbons (Fsp3) is 0.474. The summed E-state index contributed by atoms with van der Waals surface area (Å²) in [6.45, 7) is 5.44. The quantitative estimate of drug-likeness (QED) is 0.871. The van der Waals surface area contributed by atoms with Gasteiger partial charge < -0.3 is 9.42 Å². The van der Waals surface area contributed by atoms with Crippen molar-refractivity contribution in [2.75, 3.05) is 24.5 Å². The maximum Gasteiger partial charge on any atom is 0.230 e. The first-order valence-corrected chi connectivity index (χ1v) is 8.74. The van der Waals surface area contributed by atoms with Crippen LogP contribution in [0.2, 0.25) is 0 Å². The summed E-state index contributed by atoms with van der Waals surface area (Å²) in [5.74, 6) is 1.30. The Kier molecular flexibility index (Phi) is 4.10. The zero-order valence-electron chi connectivity index (χ0n) is 14.1. The fourth-order valence-corrected chi connectivity index (χ4v) is 3.85. The van der Waals surface area contributed by atoms with Crippen LogP contribution in [0.25, 0.3) is 0 Å². The third-order valence-electron chi connectivity index (χ3n) is 5.15. The van der Waals surface area contributed by atoms with E-state index < -0.39 is 0 Å². The third-order valence-corrected chi connectivity index (χ3v) is 5.15. The van der Waals surface area contributed by atoms with E-state index in [9.17, 15) is 4.79 Å². The van der Waals surface area contributed by atoms with Gasteiger partial charge in [-0.05, 0) is 50.9 Å². The summed E-state index contributed by atoms with van der Waals surface area (Å²) >= 11 is 0. The summed E-state index contributed by atoms with van der Waals surface area (Å²) in [7, 11) is 0. The van der Waals surface area contributed by atoms with E-state index in [1.54, 1.807) is 0 Å². The van der Waals surface area contributed by atoms with Crippen molar-refractivity contribution in [3.05, 3.63) is 47.3 Å². The van der Waals surface area contributed by atoms with E-state index in [1.807, 2.05) is 24.0 Å². The predicted molar refractivity (Wildman–Crippen MR) is 91.7 cm³/mol. The van der Waals surface area contributed by atoms with Crippen molar-refractivity contribution >= 4 is 11.6 Å². The summed E-state index contributed by atoms with van der Waals surface area (Å²) < 4.78 is 5.13. The SMILES string of the molecule is Cc1cc(CN2CCC(C(=O)N3CCc4ccccc43)CC2)no1. The van der Waals surface area contributed by atoms with Crippen LogP contribution in [-0.4, -0.2) is 35.6 Å². The van der Waals surface area contributed by atoms with Crippen molar-refractivity contribution < 1.29 is 9.32 Å². The first-order valence-electron chi connectivity index (χ1n) is 8.74. The lowest BCUT2D eigenvalue weighted by molar-refractivity contribution is -0.123. The van der Waals surface area contributed by atoms with Crippen molar-refractivity contribution in [3.8, 4) is 0 Å². The van der Waals surface area contributed by atoms with E-state index in [2.05, 4.69) is 28.3 Å². The molecule has 2 aliphatic rings. The van der Waals surface area contributed by atoms with Crippen molar-refractivity contribution in [2.45, 2.75) is 32.7 Å². The topological polar surface area (TPSA) is 49.6 Å². The number of aryl methyl sites for hydroxylation is 1. The first kappa shape index (κ1) is 15.4. The minimum Gasteiger partial charge on any atom is -0.361 e. The maximum atomic E-state index is 12.9. The van der Waals surface area contributed by atoms with Gasteiger partial charge in [0.25, 0.3) is 0 Å². The van der Waals surface area contributed by atoms with Gasteiger partial charge in [0.15, 0.2) is 0 Å². The molecule has 1 aromatic carbocycles. The van der Waals surface area contributed by atoms with Crippen molar-refractivity contribution in [1.29, 1.82) is 0 Å². The molecule has 3 heterocycles. The fourth-order valence-electron chi connectivity index (χ4n) is 3.85. The second-order valence-electron chi connectivity index (χ2n) is 6.85. The molecule has 0 N–H and O–H groups in total. The van der Waals surface area contributed by atoms with Gasteiger partial charge in [-0.25, -0.2) is 0 Å². The molecule has 0 radical (unpaired) electrons. The lowest BCUT2D eigenvalue weighted by Crippen LogP contribution is -2.42. The Bertz CT molecular complexity index is 732. The standard InChI is InChI=1S/C19H23N3O2/c1-14-12-17(20-24-14)13-21-9-6-16(7-10-21)19(23)22-11-8-15-4-2-3-5-18(15)22/h2-5,12,16H,6-11,13H2,1H3. The minimum absolute atomic E-state index is 0.145. The molecule has 0 unspecified atom stereocenters. The van der Waals surface area contributed by atoms with Crippen LogP contribution in [0.15, 0.2) is 34.9 Å². The Labute approximate surface area is 142 Å². The number of amides is 1. The lowest BCUT2D eigenvalue weighted by atomic mass is 9.95. The molecule has 1 fully saturated rings. The van der Waals surface area contributed by atoms with Crippen molar-refractivity contribution in [2.24, 2.45) is 5.92 Å². The number of hydrogen-bond donors (Lipinski definition) is 0. The van der Waals surface area contributed by atoms with E-state index >= 15 is 0 Å². The molecule has 0 aliphatic carbocycles. The van der Waals surface area contributed by atoms with Gasteiger partial charge >= 0.3 is 0 Å². The molecule has 1 saturated heterocycles. The molecule has 4 rings (SSSR count). The van der Waals surface area contributed by atoms with E-state index in [4.69, 9.17) is 4.52 Å². The van der Waals surface area contributed by atoms with Crippen LogP contribution in [0, 0.1) is 12.8 Å². The molecular formula is C19H23N3O2. The number of carbonyl (C=O) groups is 1. The number of hydrogen-bond acceptors (Lipinski definition) is 4. The van der Waals surface area contributed by atoms with Crippen LogP contribution in [0.1, 0.15) is 29.9 Å². The van der Waals surface area contributed by atoms with Gasteiger partial charge in [0.2, 0.25) is 5.91 Å². The molecule has 0 spiro atoms. The average molecular weight is 325 g/mol. The summed E-state index contributed by atoms with van der Waals surface area (Å²) in [6, 6.07) is 10.3. The number of fused-ring (bicyclic) bond motifs is 1. The molecule has 5 heteroatoms. The molecule has 0 bridgehead atoms. The normalized spacial score (nSPS) is 18.8. The molecule has 0 saturated carbocycles. The van der Waals surface area contributed by atoms with Crippen LogP contribution in [0.4, 0.5) is 5.69 Å². The Balaban J connectivity index is 1.35. The average Bonchev–Trinajstić information content (AvgIpc) is 3.21. The van der Waals surface area contributed by atoms with Gasteiger partial charge in [0.05, 0.1) is 5.69 Å². The molecule has 1 amide bonds. The number of para-hydroxylation sites is 1. The van der Waals surface area contributed by atoms with Crippen LogP contribution < -0.4 is 4.90 Å². The summed E-state index contributed by atoms with van der Waals surface area (Å²) in [5, 5.41) is 4.06. The maximum absolute atomic E-state index is 12.9.